The van der Waals surface area contributed by atoms with Crippen molar-refractivity contribution >= 4 is 45.2 Å². The van der Waals surface area contributed by atoms with E-state index < -0.39 is 5.82 Å². The van der Waals surface area contributed by atoms with Gasteiger partial charge in [0, 0.05) is 23.2 Å². The van der Waals surface area contributed by atoms with Crippen LogP contribution in [0.1, 0.15) is 18.1 Å². The van der Waals surface area contributed by atoms with Crippen LogP contribution in [0, 0.1) is 12.7 Å². The van der Waals surface area contributed by atoms with Gasteiger partial charge in [0.15, 0.2) is 0 Å². The summed E-state index contributed by atoms with van der Waals surface area (Å²) in [4.78, 5) is 23.0. The lowest BCUT2D eigenvalue weighted by atomic mass is 10.1. The van der Waals surface area contributed by atoms with Crippen LogP contribution in [0.5, 0.6) is 0 Å². The molecule has 0 fully saturated rings. The number of benzene rings is 2. The second-order valence-electron chi connectivity index (χ2n) is 5.22. The number of amides is 2. The van der Waals surface area contributed by atoms with Crippen molar-refractivity contribution in [3.63, 3.8) is 0 Å². The Balaban J connectivity index is 2.09. The maximum absolute atomic E-state index is 13.6. The highest BCUT2D eigenvalue weighted by Crippen LogP contribution is 2.21. The van der Waals surface area contributed by atoms with Crippen LogP contribution >= 0.6 is 15.9 Å². The fraction of sp³-hybridized carbons (Fsp3) is 0.111. The molecule has 2 rings (SSSR count). The molecule has 124 valence electrons. The van der Waals surface area contributed by atoms with Gasteiger partial charge in [-0.2, -0.15) is 0 Å². The Hall–Kier alpha value is -2.47. The minimum absolute atomic E-state index is 0.0190. The first-order valence-electron chi connectivity index (χ1n) is 7.17. The highest BCUT2D eigenvalue weighted by molar-refractivity contribution is 9.10. The maximum atomic E-state index is 13.6. The molecule has 0 spiro atoms. The van der Waals surface area contributed by atoms with Crippen molar-refractivity contribution in [2.24, 2.45) is 0 Å². The van der Waals surface area contributed by atoms with Gasteiger partial charge in [0.25, 0.3) is 0 Å². The quantitative estimate of drug-likeness (QED) is 0.754. The molecule has 6 heteroatoms. The van der Waals surface area contributed by atoms with Gasteiger partial charge in [0.2, 0.25) is 11.8 Å². The molecule has 0 unspecified atom stereocenters. The number of hydrogen-bond donors (Lipinski definition) is 2. The van der Waals surface area contributed by atoms with Crippen LogP contribution in [-0.4, -0.2) is 11.8 Å². The smallest absolute Gasteiger partial charge is 0.248 e. The molecular weight excluding hydrogens is 375 g/mol. The van der Waals surface area contributed by atoms with Gasteiger partial charge in [-0.05, 0) is 48.4 Å². The molecule has 4 nitrogen and oxygen atoms in total. The molecule has 2 aromatic rings. The van der Waals surface area contributed by atoms with Gasteiger partial charge in [-0.3, -0.25) is 9.59 Å². The van der Waals surface area contributed by atoms with Crippen molar-refractivity contribution in [1.29, 1.82) is 0 Å². The minimum Gasteiger partial charge on any atom is -0.324 e. The number of carbonyl (C=O) groups is 2. The summed E-state index contributed by atoms with van der Waals surface area (Å²) in [6.45, 7) is 3.26. The van der Waals surface area contributed by atoms with E-state index in [9.17, 15) is 14.0 Å². The zero-order valence-corrected chi connectivity index (χ0v) is 14.8. The predicted octanol–water partition coefficient (Wildman–Crippen LogP) is 4.51. The van der Waals surface area contributed by atoms with E-state index in [4.69, 9.17) is 0 Å². The van der Waals surface area contributed by atoms with Crippen LogP contribution in [-0.2, 0) is 9.59 Å². The number of nitrogens with one attached hydrogen (secondary N) is 2. The van der Waals surface area contributed by atoms with Crippen molar-refractivity contribution in [2.45, 2.75) is 13.8 Å². The summed E-state index contributed by atoms with van der Waals surface area (Å²) >= 11 is 3.44. The van der Waals surface area contributed by atoms with Gasteiger partial charge in [0.1, 0.15) is 5.82 Å². The molecule has 24 heavy (non-hydrogen) atoms. The number of anilines is 2. The van der Waals surface area contributed by atoms with Gasteiger partial charge in [-0.25, -0.2) is 4.39 Å². The fourth-order valence-corrected chi connectivity index (χ4v) is 2.63. The Morgan fingerprint density at radius 3 is 2.54 bits per heavy atom. The summed E-state index contributed by atoms with van der Waals surface area (Å²) in [6.07, 6.45) is 3.06. The molecule has 0 saturated heterocycles. The Morgan fingerprint density at radius 2 is 1.88 bits per heavy atom. The number of rotatable bonds is 4. The van der Waals surface area contributed by atoms with Crippen LogP contribution < -0.4 is 10.6 Å². The van der Waals surface area contributed by atoms with Crippen molar-refractivity contribution < 1.29 is 14.0 Å². The summed E-state index contributed by atoms with van der Waals surface area (Å²) < 4.78 is 14.5. The van der Waals surface area contributed by atoms with E-state index in [-0.39, 0.29) is 17.5 Å². The average Bonchev–Trinajstić information content (AvgIpc) is 2.49. The highest BCUT2D eigenvalue weighted by Gasteiger charge is 2.06. The van der Waals surface area contributed by atoms with Gasteiger partial charge >= 0.3 is 0 Å². The molecule has 0 aliphatic heterocycles. The van der Waals surface area contributed by atoms with Crippen molar-refractivity contribution in [1.82, 2.24) is 0 Å². The van der Waals surface area contributed by atoms with E-state index in [1.165, 1.54) is 31.2 Å². The zero-order valence-electron chi connectivity index (χ0n) is 13.2. The van der Waals surface area contributed by atoms with Crippen molar-refractivity contribution in [2.75, 3.05) is 10.6 Å². The Labute approximate surface area is 147 Å². The molecule has 2 aromatic carbocycles. The van der Waals surface area contributed by atoms with Gasteiger partial charge in [-0.1, -0.05) is 28.1 Å². The van der Waals surface area contributed by atoms with Crippen LogP contribution in [0.25, 0.3) is 6.08 Å². The third-order valence-corrected chi connectivity index (χ3v) is 3.80. The third kappa shape index (κ3) is 5.03. The van der Waals surface area contributed by atoms with E-state index in [2.05, 4.69) is 26.6 Å². The lowest BCUT2D eigenvalue weighted by Crippen LogP contribution is -2.10. The van der Waals surface area contributed by atoms with E-state index in [0.717, 1.165) is 15.6 Å². The zero-order chi connectivity index (χ0) is 17.7. The summed E-state index contributed by atoms with van der Waals surface area (Å²) in [6, 6.07) is 9.77. The number of carbonyl (C=O) groups excluding carboxylic acids is 2. The number of hydrogen-bond acceptors (Lipinski definition) is 2. The third-order valence-electron chi connectivity index (χ3n) is 3.11. The van der Waals surface area contributed by atoms with Crippen LogP contribution in [0.15, 0.2) is 46.9 Å². The molecule has 2 N–H and O–H groups in total. The summed E-state index contributed by atoms with van der Waals surface area (Å²) in [5.41, 5.74) is 2.39. The second kappa shape index (κ2) is 7.88. The fourth-order valence-electron chi connectivity index (χ4n) is 2.01. The Bertz CT molecular complexity index is 819. The number of halogens is 2. The van der Waals surface area contributed by atoms with E-state index >= 15 is 0 Å². The molecule has 0 bridgehead atoms. The first-order valence-corrected chi connectivity index (χ1v) is 7.97. The standard InChI is InChI=1S/C18H16BrFN2O2/c1-11-3-4-13(15(19)9-11)5-8-18(24)22-14-6-7-16(20)17(10-14)21-12(2)23/h3-10H,1-2H3,(H,21,23)(H,22,24)/b8-5+. The monoisotopic (exact) mass is 390 g/mol. The molecule has 0 aliphatic rings. The Morgan fingerprint density at radius 1 is 1.12 bits per heavy atom. The molecule has 0 radical (unpaired) electrons. The van der Waals surface area contributed by atoms with E-state index in [1.807, 2.05) is 25.1 Å². The molecule has 0 aliphatic carbocycles. The summed E-state index contributed by atoms with van der Waals surface area (Å²) in [5, 5.41) is 4.99. The molecule has 0 aromatic heterocycles. The van der Waals surface area contributed by atoms with Crippen molar-refractivity contribution in [3.05, 3.63) is 63.9 Å². The lowest BCUT2D eigenvalue weighted by Gasteiger charge is -2.07. The molecule has 0 saturated carbocycles. The maximum Gasteiger partial charge on any atom is 0.248 e. The number of aryl methyl sites for hydroxylation is 1. The van der Waals surface area contributed by atoms with Crippen LogP contribution in [0.4, 0.5) is 15.8 Å². The van der Waals surface area contributed by atoms with E-state index in [0.29, 0.717) is 5.69 Å². The molecule has 2 amide bonds. The van der Waals surface area contributed by atoms with Crippen LogP contribution in [0.3, 0.4) is 0 Å². The normalized spacial score (nSPS) is 10.7. The largest absolute Gasteiger partial charge is 0.324 e. The summed E-state index contributed by atoms with van der Waals surface area (Å²) in [5.74, 6) is -1.31. The van der Waals surface area contributed by atoms with Gasteiger partial charge in [-0.15, -0.1) is 0 Å². The summed E-state index contributed by atoms with van der Waals surface area (Å²) in [7, 11) is 0. The molecule has 0 atom stereocenters. The second-order valence-corrected chi connectivity index (χ2v) is 6.08. The van der Waals surface area contributed by atoms with Gasteiger partial charge < -0.3 is 10.6 Å². The average molecular weight is 391 g/mol. The van der Waals surface area contributed by atoms with Gasteiger partial charge in [0.05, 0.1) is 5.69 Å². The Kier molecular flexibility index (Phi) is 5.87. The lowest BCUT2D eigenvalue weighted by molar-refractivity contribution is -0.114. The van der Waals surface area contributed by atoms with Crippen molar-refractivity contribution in [3.8, 4) is 0 Å². The minimum atomic E-state index is -0.567. The SMILES string of the molecule is CC(=O)Nc1cc(NC(=O)/C=C/c2ccc(C)cc2Br)ccc1F. The van der Waals surface area contributed by atoms with Crippen LogP contribution in [0.2, 0.25) is 0 Å². The topological polar surface area (TPSA) is 58.2 Å². The first kappa shape index (κ1) is 17.9. The van der Waals surface area contributed by atoms with E-state index in [1.54, 1.807) is 6.08 Å². The highest BCUT2D eigenvalue weighted by atomic mass is 79.9. The molecular formula is C18H16BrFN2O2. The first-order chi connectivity index (χ1) is 11.3. The molecule has 0 heterocycles. The predicted molar refractivity (Wildman–Crippen MR) is 97.2 cm³/mol.